The SMILES string of the molecule is CNCCNC(C)c1ccc(-c2ccccc2OC)cc1. The number of rotatable bonds is 7. The lowest BCUT2D eigenvalue weighted by atomic mass is 10.0. The summed E-state index contributed by atoms with van der Waals surface area (Å²) in [6, 6.07) is 17.1. The molecule has 2 aromatic carbocycles. The van der Waals surface area contributed by atoms with Gasteiger partial charge in [0.15, 0.2) is 0 Å². The molecule has 2 N–H and O–H groups in total. The first-order valence-electron chi connectivity index (χ1n) is 7.37. The van der Waals surface area contributed by atoms with E-state index < -0.39 is 0 Å². The van der Waals surface area contributed by atoms with E-state index in [0.717, 1.165) is 24.4 Å². The summed E-state index contributed by atoms with van der Waals surface area (Å²) in [7, 11) is 3.68. The molecule has 21 heavy (non-hydrogen) atoms. The number of hydrogen-bond donors (Lipinski definition) is 2. The first-order valence-corrected chi connectivity index (χ1v) is 7.37. The standard InChI is InChI=1S/C18H24N2O/c1-14(20-13-12-19-2)15-8-10-16(11-9-15)17-6-4-5-7-18(17)21-3/h4-11,14,19-20H,12-13H2,1-3H3. The van der Waals surface area contributed by atoms with Crippen LogP contribution < -0.4 is 15.4 Å². The molecule has 0 amide bonds. The molecule has 0 aliphatic rings. The molecule has 3 nitrogen and oxygen atoms in total. The molecular formula is C18H24N2O. The Kier molecular flexibility index (Phi) is 5.78. The molecule has 0 fully saturated rings. The van der Waals surface area contributed by atoms with Gasteiger partial charge in [-0.15, -0.1) is 0 Å². The first-order chi connectivity index (χ1) is 10.3. The summed E-state index contributed by atoms with van der Waals surface area (Å²) >= 11 is 0. The maximum Gasteiger partial charge on any atom is 0.126 e. The van der Waals surface area contributed by atoms with E-state index in [2.05, 4.69) is 47.9 Å². The lowest BCUT2D eigenvalue weighted by Crippen LogP contribution is -2.27. The van der Waals surface area contributed by atoms with Crippen molar-refractivity contribution in [3.8, 4) is 16.9 Å². The molecular weight excluding hydrogens is 260 g/mol. The van der Waals surface area contributed by atoms with Crippen LogP contribution in [0.4, 0.5) is 0 Å². The van der Waals surface area contributed by atoms with Crippen LogP contribution in [-0.4, -0.2) is 27.2 Å². The minimum Gasteiger partial charge on any atom is -0.496 e. The molecule has 0 aromatic heterocycles. The fraction of sp³-hybridized carbons (Fsp3) is 0.333. The van der Waals surface area contributed by atoms with Crippen molar-refractivity contribution in [2.75, 3.05) is 27.2 Å². The highest BCUT2D eigenvalue weighted by molar-refractivity contribution is 5.70. The Morgan fingerprint density at radius 2 is 1.71 bits per heavy atom. The summed E-state index contributed by atoms with van der Waals surface area (Å²) in [6.07, 6.45) is 0. The fourth-order valence-corrected chi connectivity index (χ4v) is 2.37. The molecule has 3 heteroatoms. The Labute approximate surface area is 127 Å². The Hall–Kier alpha value is -1.84. The number of benzene rings is 2. The molecule has 0 aliphatic heterocycles. The molecule has 0 aliphatic carbocycles. The van der Waals surface area contributed by atoms with Crippen molar-refractivity contribution in [3.05, 3.63) is 54.1 Å². The summed E-state index contributed by atoms with van der Waals surface area (Å²) in [4.78, 5) is 0. The van der Waals surface area contributed by atoms with Crippen molar-refractivity contribution < 1.29 is 4.74 Å². The number of ether oxygens (including phenoxy) is 1. The van der Waals surface area contributed by atoms with Crippen LogP contribution in [0.5, 0.6) is 5.75 Å². The van der Waals surface area contributed by atoms with Crippen LogP contribution in [0.3, 0.4) is 0 Å². The topological polar surface area (TPSA) is 33.3 Å². The molecule has 0 saturated heterocycles. The van der Waals surface area contributed by atoms with E-state index in [0.29, 0.717) is 6.04 Å². The van der Waals surface area contributed by atoms with Gasteiger partial charge in [-0.25, -0.2) is 0 Å². The van der Waals surface area contributed by atoms with E-state index >= 15 is 0 Å². The second-order valence-corrected chi connectivity index (χ2v) is 5.10. The minimum atomic E-state index is 0.352. The van der Waals surface area contributed by atoms with Gasteiger partial charge in [-0.3, -0.25) is 0 Å². The number of likely N-dealkylation sites (N-methyl/N-ethyl adjacent to an activating group) is 1. The van der Waals surface area contributed by atoms with Crippen molar-refractivity contribution in [3.63, 3.8) is 0 Å². The van der Waals surface area contributed by atoms with Gasteiger partial charge < -0.3 is 15.4 Å². The van der Waals surface area contributed by atoms with Crippen LogP contribution in [0.15, 0.2) is 48.5 Å². The largest absolute Gasteiger partial charge is 0.496 e. The molecule has 1 atom stereocenters. The summed E-state index contributed by atoms with van der Waals surface area (Å²) in [5, 5.41) is 6.64. The molecule has 0 bridgehead atoms. The minimum absolute atomic E-state index is 0.352. The van der Waals surface area contributed by atoms with Crippen molar-refractivity contribution in [1.29, 1.82) is 0 Å². The summed E-state index contributed by atoms with van der Waals surface area (Å²) in [5.74, 6) is 0.908. The van der Waals surface area contributed by atoms with Crippen molar-refractivity contribution in [2.24, 2.45) is 0 Å². The quantitative estimate of drug-likeness (QED) is 0.766. The molecule has 112 valence electrons. The third kappa shape index (κ3) is 4.06. The van der Waals surface area contributed by atoms with Crippen LogP contribution >= 0.6 is 0 Å². The number of nitrogens with one attached hydrogen (secondary N) is 2. The Balaban J connectivity index is 2.11. The van der Waals surface area contributed by atoms with Gasteiger partial charge >= 0.3 is 0 Å². The molecule has 0 heterocycles. The van der Waals surface area contributed by atoms with Crippen LogP contribution in [0.1, 0.15) is 18.5 Å². The van der Waals surface area contributed by atoms with E-state index in [1.54, 1.807) is 7.11 Å². The van der Waals surface area contributed by atoms with Crippen molar-refractivity contribution in [2.45, 2.75) is 13.0 Å². The normalized spacial score (nSPS) is 12.1. The molecule has 2 aromatic rings. The van der Waals surface area contributed by atoms with Crippen molar-refractivity contribution >= 4 is 0 Å². The number of para-hydroxylation sites is 1. The smallest absolute Gasteiger partial charge is 0.126 e. The Morgan fingerprint density at radius 1 is 1.00 bits per heavy atom. The highest BCUT2D eigenvalue weighted by Crippen LogP contribution is 2.30. The van der Waals surface area contributed by atoms with Gasteiger partial charge in [0.25, 0.3) is 0 Å². The highest BCUT2D eigenvalue weighted by atomic mass is 16.5. The van der Waals surface area contributed by atoms with Gasteiger partial charge in [-0.1, -0.05) is 42.5 Å². The molecule has 0 spiro atoms. The summed E-state index contributed by atoms with van der Waals surface area (Å²) < 4.78 is 5.42. The van der Waals surface area contributed by atoms with E-state index in [1.165, 1.54) is 11.1 Å². The average molecular weight is 284 g/mol. The lowest BCUT2D eigenvalue weighted by molar-refractivity contribution is 0.416. The number of methoxy groups -OCH3 is 1. The average Bonchev–Trinajstić information content (AvgIpc) is 2.55. The lowest BCUT2D eigenvalue weighted by Gasteiger charge is -2.15. The maximum absolute atomic E-state index is 5.42. The zero-order valence-electron chi connectivity index (χ0n) is 13.0. The first kappa shape index (κ1) is 15.5. The van der Waals surface area contributed by atoms with Gasteiger partial charge in [0.1, 0.15) is 5.75 Å². The summed E-state index contributed by atoms with van der Waals surface area (Å²) in [5.41, 5.74) is 3.60. The molecule has 0 saturated carbocycles. The zero-order chi connectivity index (χ0) is 15.1. The fourth-order valence-electron chi connectivity index (χ4n) is 2.37. The van der Waals surface area contributed by atoms with Gasteiger partial charge in [-0.05, 0) is 31.2 Å². The van der Waals surface area contributed by atoms with E-state index in [4.69, 9.17) is 4.74 Å². The van der Waals surface area contributed by atoms with E-state index in [-0.39, 0.29) is 0 Å². The van der Waals surface area contributed by atoms with E-state index in [9.17, 15) is 0 Å². The van der Waals surface area contributed by atoms with Crippen LogP contribution in [0, 0.1) is 0 Å². The predicted octanol–water partition coefficient (Wildman–Crippen LogP) is 3.23. The Morgan fingerprint density at radius 3 is 2.38 bits per heavy atom. The Bertz CT molecular complexity index is 551. The molecule has 1 unspecified atom stereocenters. The summed E-state index contributed by atoms with van der Waals surface area (Å²) in [6.45, 7) is 4.13. The van der Waals surface area contributed by atoms with Gasteiger partial charge in [0, 0.05) is 24.7 Å². The zero-order valence-corrected chi connectivity index (χ0v) is 13.0. The maximum atomic E-state index is 5.42. The second kappa shape index (κ2) is 7.81. The molecule has 2 rings (SSSR count). The highest BCUT2D eigenvalue weighted by Gasteiger charge is 2.07. The van der Waals surface area contributed by atoms with Gasteiger partial charge in [0.2, 0.25) is 0 Å². The van der Waals surface area contributed by atoms with Crippen LogP contribution in [-0.2, 0) is 0 Å². The third-order valence-electron chi connectivity index (χ3n) is 3.65. The second-order valence-electron chi connectivity index (χ2n) is 5.10. The third-order valence-corrected chi connectivity index (χ3v) is 3.65. The van der Waals surface area contributed by atoms with Gasteiger partial charge in [0.05, 0.1) is 7.11 Å². The van der Waals surface area contributed by atoms with Crippen LogP contribution in [0.2, 0.25) is 0 Å². The van der Waals surface area contributed by atoms with Crippen LogP contribution in [0.25, 0.3) is 11.1 Å². The van der Waals surface area contributed by atoms with E-state index in [1.807, 2.05) is 25.2 Å². The predicted molar refractivity (Wildman–Crippen MR) is 88.8 cm³/mol. The van der Waals surface area contributed by atoms with Crippen molar-refractivity contribution in [1.82, 2.24) is 10.6 Å². The number of hydrogen-bond acceptors (Lipinski definition) is 3. The molecule has 0 radical (unpaired) electrons. The van der Waals surface area contributed by atoms with Gasteiger partial charge in [-0.2, -0.15) is 0 Å². The monoisotopic (exact) mass is 284 g/mol.